The van der Waals surface area contributed by atoms with Gasteiger partial charge in [-0.1, -0.05) is 18.0 Å². The molecule has 2 aliphatic heterocycles. The fraction of sp³-hybridized carbons (Fsp3) is 0.909. The first-order valence-electron chi connectivity index (χ1n) is 6.18. The van der Waals surface area contributed by atoms with Crippen LogP contribution in [0.15, 0.2) is 5.16 Å². The van der Waals surface area contributed by atoms with E-state index in [1.165, 1.54) is 0 Å². The molecule has 18 heavy (non-hydrogen) atoms. The minimum atomic E-state index is -4.43. The number of rotatable bonds is 2. The molecule has 2 aliphatic rings. The van der Waals surface area contributed by atoms with Crippen LogP contribution < -0.4 is 11.1 Å². The van der Waals surface area contributed by atoms with Crippen LogP contribution in [0.5, 0.6) is 0 Å². The van der Waals surface area contributed by atoms with Gasteiger partial charge < -0.3 is 4.84 Å². The van der Waals surface area contributed by atoms with Crippen molar-refractivity contribution < 1.29 is 18.0 Å². The summed E-state index contributed by atoms with van der Waals surface area (Å²) in [4.78, 5) is 4.57. The summed E-state index contributed by atoms with van der Waals surface area (Å²) in [5, 5.41) is 6.05. The van der Waals surface area contributed by atoms with E-state index >= 15 is 0 Å². The molecule has 1 saturated heterocycles. The highest BCUT2D eigenvalue weighted by Crippen LogP contribution is 2.30. The first-order valence-corrected chi connectivity index (χ1v) is 6.18. The molecular weight excluding hydrogens is 247 g/mol. The Labute approximate surface area is 104 Å². The van der Waals surface area contributed by atoms with Gasteiger partial charge in [0, 0.05) is 12.0 Å². The molecule has 0 aromatic rings. The largest absolute Gasteiger partial charge is 0.433 e. The summed E-state index contributed by atoms with van der Waals surface area (Å²) in [6.45, 7) is -0.0247. The molecule has 102 valence electrons. The quantitative estimate of drug-likeness (QED) is 0.826. The third-order valence-electron chi connectivity index (χ3n) is 3.39. The van der Waals surface area contributed by atoms with Crippen molar-refractivity contribution in [1.29, 1.82) is 0 Å². The van der Waals surface area contributed by atoms with E-state index in [9.17, 15) is 18.9 Å². The number of hydrogen-bond donors (Lipinski definition) is 1. The Morgan fingerprint density at radius 2 is 2.06 bits per heavy atom. The molecule has 3 unspecified atom stereocenters. The molecule has 4 nitrogen and oxygen atoms in total. The lowest BCUT2D eigenvalue weighted by molar-refractivity contribution is -0.0624. The van der Waals surface area contributed by atoms with Gasteiger partial charge in [-0.25, -0.2) is 0 Å². The van der Waals surface area contributed by atoms with Crippen LogP contribution in [-0.2, 0) is 4.84 Å². The van der Waals surface area contributed by atoms with E-state index < -0.39 is 24.0 Å². The van der Waals surface area contributed by atoms with Gasteiger partial charge in [-0.3, -0.25) is 5.32 Å². The Bertz CT molecular complexity index is 319. The first-order chi connectivity index (χ1) is 8.47. The van der Waals surface area contributed by atoms with Crippen molar-refractivity contribution in [2.45, 2.75) is 50.5 Å². The number of halogens is 3. The van der Waals surface area contributed by atoms with E-state index in [-0.39, 0.29) is 12.6 Å². The van der Waals surface area contributed by atoms with E-state index in [0.717, 1.165) is 19.3 Å². The molecule has 2 heterocycles. The molecule has 2 radical (unpaired) electrons. The summed E-state index contributed by atoms with van der Waals surface area (Å²) in [7, 11) is 0. The van der Waals surface area contributed by atoms with Crippen LogP contribution in [0, 0.1) is 5.92 Å². The van der Waals surface area contributed by atoms with Gasteiger partial charge >= 0.3 is 6.18 Å². The average molecular weight is 263 g/mol. The second-order valence-corrected chi connectivity index (χ2v) is 4.87. The maximum absolute atomic E-state index is 12.6. The molecule has 1 N–H and O–H groups in total. The smallest absolute Gasteiger partial charge is 0.395 e. The van der Waals surface area contributed by atoms with Crippen molar-refractivity contribution in [3.8, 4) is 0 Å². The predicted molar refractivity (Wildman–Crippen MR) is 58.9 cm³/mol. The van der Waals surface area contributed by atoms with E-state index in [2.05, 4.69) is 15.3 Å². The second-order valence-electron chi connectivity index (χ2n) is 4.87. The molecule has 0 spiro atoms. The van der Waals surface area contributed by atoms with E-state index in [1.54, 1.807) is 0 Å². The SMILES string of the molecule is [N]C1CCCCC(CC2CON=C2C(F)(F)F)N1. The number of alkyl halides is 3. The summed E-state index contributed by atoms with van der Waals surface area (Å²) in [6, 6.07) is -0.109. The minimum absolute atomic E-state index is 0.0247. The van der Waals surface area contributed by atoms with Gasteiger partial charge in [0.2, 0.25) is 0 Å². The lowest BCUT2D eigenvalue weighted by Crippen LogP contribution is -2.41. The van der Waals surface area contributed by atoms with Gasteiger partial charge in [0.25, 0.3) is 0 Å². The third kappa shape index (κ3) is 3.35. The monoisotopic (exact) mass is 263 g/mol. The molecule has 2 rings (SSSR count). The Kier molecular flexibility index (Phi) is 4.11. The van der Waals surface area contributed by atoms with Gasteiger partial charge in [-0.05, 0) is 19.3 Å². The highest BCUT2D eigenvalue weighted by molar-refractivity contribution is 5.92. The standard InChI is InChI=1S/C11H16F3N3O/c12-11(13,14)10-7(6-18-17-10)5-8-3-1-2-4-9(15)16-8/h7-9,16H,1-6H2. The third-order valence-corrected chi connectivity index (χ3v) is 3.39. The molecule has 3 atom stereocenters. The maximum Gasteiger partial charge on any atom is 0.433 e. The molecule has 7 heteroatoms. The zero-order chi connectivity index (χ0) is 13.2. The van der Waals surface area contributed by atoms with E-state index in [4.69, 9.17) is 0 Å². The van der Waals surface area contributed by atoms with Gasteiger partial charge in [-0.2, -0.15) is 13.2 Å². The number of hydrogen-bond acceptors (Lipinski definition) is 3. The van der Waals surface area contributed by atoms with Crippen LogP contribution in [0.4, 0.5) is 13.2 Å². The van der Waals surface area contributed by atoms with Gasteiger partial charge in [0.05, 0.1) is 6.17 Å². The lowest BCUT2D eigenvalue weighted by Gasteiger charge is -2.22. The Balaban J connectivity index is 1.94. The van der Waals surface area contributed by atoms with Crippen LogP contribution in [0.25, 0.3) is 0 Å². The van der Waals surface area contributed by atoms with Gasteiger partial charge in [0.1, 0.15) is 6.61 Å². The molecule has 0 saturated carbocycles. The number of nitrogens with one attached hydrogen (secondary N) is 1. The van der Waals surface area contributed by atoms with Crippen LogP contribution >= 0.6 is 0 Å². The fourth-order valence-corrected chi connectivity index (χ4v) is 2.51. The van der Waals surface area contributed by atoms with Crippen molar-refractivity contribution in [2.75, 3.05) is 6.61 Å². The molecule has 0 amide bonds. The summed E-state index contributed by atoms with van der Waals surface area (Å²) >= 11 is 0. The highest BCUT2D eigenvalue weighted by atomic mass is 19.4. The highest BCUT2D eigenvalue weighted by Gasteiger charge is 2.45. The average Bonchev–Trinajstić information content (AvgIpc) is 2.62. The molecule has 0 aromatic carbocycles. The lowest BCUT2D eigenvalue weighted by atomic mass is 9.93. The Hall–Kier alpha value is -0.820. The van der Waals surface area contributed by atoms with Crippen molar-refractivity contribution >= 4 is 5.71 Å². The summed E-state index contributed by atoms with van der Waals surface area (Å²) in [5.74, 6) is -0.729. The van der Waals surface area contributed by atoms with Crippen LogP contribution in [-0.4, -0.2) is 30.7 Å². The zero-order valence-corrected chi connectivity index (χ0v) is 9.91. The Morgan fingerprint density at radius 3 is 2.78 bits per heavy atom. The van der Waals surface area contributed by atoms with Gasteiger partial charge in [0.15, 0.2) is 5.71 Å². The van der Waals surface area contributed by atoms with Crippen molar-refractivity contribution in [3.63, 3.8) is 0 Å². The molecule has 0 bridgehead atoms. The summed E-state index contributed by atoms with van der Waals surface area (Å²) in [6.07, 6.45) is -1.50. The second kappa shape index (κ2) is 5.44. The maximum atomic E-state index is 12.6. The van der Waals surface area contributed by atoms with Crippen molar-refractivity contribution in [2.24, 2.45) is 11.1 Å². The van der Waals surface area contributed by atoms with Crippen molar-refractivity contribution in [3.05, 3.63) is 0 Å². The van der Waals surface area contributed by atoms with Crippen LogP contribution in [0.3, 0.4) is 0 Å². The number of oxime groups is 1. The van der Waals surface area contributed by atoms with Crippen molar-refractivity contribution in [1.82, 2.24) is 11.1 Å². The molecular formula is C11H16F3N3O. The topological polar surface area (TPSA) is 55.9 Å². The molecule has 0 aliphatic carbocycles. The normalized spacial score (nSPS) is 33.8. The molecule has 1 fully saturated rings. The zero-order valence-electron chi connectivity index (χ0n) is 9.91. The Morgan fingerprint density at radius 1 is 1.33 bits per heavy atom. The van der Waals surface area contributed by atoms with E-state index in [0.29, 0.717) is 12.8 Å². The van der Waals surface area contributed by atoms with E-state index in [1.807, 2.05) is 0 Å². The molecule has 0 aromatic heterocycles. The van der Waals surface area contributed by atoms with Gasteiger partial charge in [-0.15, -0.1) is 5.73 Å². The summed E-state index contributed by atoms with van der Waals surface area (Å²) in [5.41, 5.74) is 8.73. The first kappa shape index (κ1) is 13.6. The fourth-order valence-electron chi connectivity index (χ4n) is 2.51. The van der Waals surface area contributed by atoms with Crippen LogP contribution in [0.2, 0.25) is 0 Å². The van der Waals surface area contributed by atoms with Crippen LogP contribution in [0.1, 0.15) is 32.1 Å². The predicted octanol–water partition coefficient (Wildman–Crippen LogP) is 1.87. The summed E-state index contributed by atoms with van der Waals surface area (Å²) < 4.78 is 37.9. The number of nitrogens with zero attached hydrogens (tertiary/aromatic N) is 2. The minimum Gasteiger partial charge on any atom is -0.395 e.